The molecule has 2 N–H and O–H groups in total. The predicted molar refractivity (Wildman–Crippen MR) is 67.3 cm³/mol. The number of carbonyl (C=O) groups excluding carboxylic acids is 1. The molecule has 2 rings (SSSR count). The van der Waals surface area contributed by atoms with Gasteiger partial charge in [0.1, 0.15) is 11.6 Å². The Morgan fingerprint density at radius 1 is 1.47 bits per heavy atom. The van der Waals surface area contributed by atoms with Crippen molar-refractivity contribution < 1.29 is 14.3 Å². The summed E-state index contributed by atoms with van der Waals surface area (Å²) in [6, 6.07) is 5.29. The van der Waals surface area contributed by atoms with Gasteiger partial charge in [-0.3, -0.25) is 9.48 Å². The highest BCUT2D eigenvalue weighted by Gasteiger charge is 2.11. The SMILES string of the molecule is Cn1ccc(CCNC(=O)c2ccc(O)cc2F)n1. The van der Waals surface area contributed by atoms with E-state index in [9.17, 15) is 9.18 Å². The van der Waals surface area contributed by atoms with Gasteiger partial charge in [0.2, 0.25) is 0 Å². The summed E-state index contributed by atoms with van der Waals surface area (Å²) in [5.74, 6) is -1.45. The Bertz CT molecular complexity index is 595. The molecule has 1 heterocycles. The zero-order valence-corrected chi connectivity index (χ0v) is 10.4. The standard InChI is InChI=1S/C13H14FN3O2/c1-17-7-5-9(16-17)4-6-15-13(19)11-3-2-10(18)8-12(11)14/h2-3,5,7-8,18H,4,6H2,1H3,(H,15,19). The number of phenolic OH excluding ortho intramolecular Hbond substituents is 1. The van der Waals surface area contributed by atoms with Crippen LogP contribution in [0, 0.1) is 5.82 Å². The van der Waals surface area contributed by atoms with Crippen molar-refractivity contribution >= 4 is 5.91 Å². The van der Waals surface area contributed by atoms with Crippen LogP contribution >= 0.6 is 0 Å². The summed E-state index contributed by atoms with van der Waals surface area (Å²) < 4.78 is 15.1. The number of halogens is 1. The van der Waals surface area contributed by atoms with Crippen molar-refractivity contribution in [1.29, 1.82) is 0 Å². The van der Waals surface area contributed by atoms with Crippen LogP contribution in [0.1, 0.15) is 16.1 Å². The first kappa shape index (κ1) is 13.1. The molecular formula is C13H14FN3O2. The first-order valence-electron chi connectivity index (χ1n) is 5.81. The first-order valence-corrected chi connectivity index (χ1v) is 5.81. The molecule has 0 aliphatic carbocycles. The number of amides is 1. The van der Waals surface area contributed by atoms with Crippen LogP contribution in [0.3, 0.4) is 0 Å². The van der Waals surface area contributed by atoms with Gasteiger partial charge < -0.3 is 10.4 Å². The van der Waals surface area contributed by atoms with Gasteiger partial charge in [0, 0.05) is 32.3 Å². The number of aromatic hydroxyl groups is 1. The van der Waals surface area contributed by atoms with Crippen LogP contribution in [-0.4, -0.2) is 27.3 Å². The van der Waals surface area contributed by atoms with Crippen molar-refractivity contribution in [2.45, 2.75) is 6.42 Å². The predicted octanol–water partition coefficient (Wildman–Crippen LogP) is 1.24. The minimum atomic E-state index is -0.740. The van der Waals surface area contributed by atoms with Crippen LogP contribution in [-0.2, 0) is 13.5 Å². The topological polar surface area (TPSA) is 67.2 Å². The molecule has 5 nitrogen and oxygen atoms in total. The number of carbonyl (C=O) groups is 1. The van der Waals surface area contributed by atoms with Gasteiger partial charge in [0.15, 0.2) is 0 Å². The molecule has 2 aromatic rings. The first-order chi connectivity index (χ1) is 9.06. The van der Waals surface area contributed by atoms with Crippen molar-refractivity contribution in [3.63, 3.8) is 0 Å². The molecule has 0 atom stereocenters. The number of phenols is 1. The monoisotopic (exact) mass is 263 g/mol. The third-order valence-corrected chi connectivity index (χ3v) is 2.63. The molecule has 0 spiro atoms. The Morgan fingerprint density at radius 3 is 2.89 bits per heavy atom. The Hall–Kier alpha value is -2.37. The summed E-state index contributed by atoms with van der Waals surface area (Å²) in [5, 5.41) is 15.8. The number of aryl methyl sites for hydroxylation is 1. The second-order valence-corrected chi connectivity index (χ2v) is 4.15. The number of nitrogens with zero attached hydrogens (tertiary/aromatic N) is 2. The fourth-order valence-electron chi connectivity index (χ4n) is 1.68. The number of aromatic nitrogens is 2. The number of hydrogen-bond donors (Lipinski definition) is 2. The van der Waals surface area contributed by atoms with Crippen molar-refractivity contribution in [3.05, 3.63) is 47.5 Å². The molecule has 0 aliphatic rings. The lowest BCUT2D eigenvalue weighted by Gasteiger charge is -2.05. The Kier molecular flexibility index (Phi) is 3.79. The number of rotatable bonds is 4. The van der Waals surface area contributed by atoms with Gasteiger partial charge in [0.05, 0.1) is 11.3 Å². The Balaban J connectivity index is 1.90. The zero-order valence-electron chi connectivity index (χ0n) is 10.4. The summed E-state index contributed by atoms with van der Waals surface area (Å²) in [4.78, 5) is 11.7. The summed E-state index contributed by atoms with van der Waals surface area (Å²) >= 11 is 0. The maximum absolute atomic E-state index is 13.4. The Labute approximate surface area is 109 Å². The van der Waals surface area contributed by atoms with E-state index in [1.54, 1.807) is 4.68 Å². The minimum absolute atomic E-state index is 0.0844. The van der Waals surface area contributed by atoms with E-state index in [-0.39, 0.29) is 11.3 Å². The average Bonchev–Trinajstić information content (AvgIpc) is 2.75. The molecule has 0 aliphatic heterocycles. The molecule has 100 valence electrons. The second-order valence-electron chi connectivity index (χ2n) is 4.15. The molecule has 1 aromatic carbocycles. The van der Waals surface area contributed by atoms with Gasteiger partial charge in [0.25, 0.3) is 5.91 Å². The third kappa shape index (κ3) is 3.31. The third-order valence-electron chi connectivity index (χ3n) is 2.63. The van der Waals surface area contributed by atoms with Crippen LogP contribution < -0.4 is 5.32 Å². The van der Waals surface area contributed by atoms with Crippen molar-refractivity contribution in [2.24, 2.45) is 7.05 Å². The molecule has 0 radical (unpaired) electrons. The van der Waals surface area contributed by atoms with Crippen molar-refractivity contribution in [1.82, 2.24) is 15.1 Å². The van der Waals surface area contributed by atoms with Crippen LogP contribution in [0.25, 0.3) is 0 Å². The van der Waals surface area contributed by atoms with E-state index >= 15 is 0 Å². The van der Waals surface area contributed by atoms with Crippen molar-refractivity contribution in [2.75, 3.05) is 6.54 Å². The number of hydrogen-bond acceptors (Lipinski definition) is 3. The van der Waals surface area contributed by atoms with E-state index in [1.807, 2.05) is 19.3 Å². The lowest BCUT2D eigenvalue weighted by atomic mass is 10.2. The fraction of sp³-hybridized carbons (Fsp3) is 0.231. The normalized spacial score (nSPS) is 10.4. The quantitative estimate of drug-likeness (QED) is 0.872. The lowest BCUT2D eigenvalue weighted by Crippen LogP contribution is -2.26. The van der Waals surface area contributed by atoms with Crippen LogP contribution in [0.15, 0.2) is 30.5 Å². The Morgan fingerprint density at radius 2 is 2.26 bits per heavy atom. The molecule has 1 aromatic heterocycles. The highest BCUT2D eigenvalue weighted by atomic mass is 19.1. The van der Waals surface area contributed by atoms with Crippen LogP contribution in [0.4, 0.5) is 4.39 Å². The van der Waals surface area contributed by atoms with Gasteiger partial charge in [-0.2, -0.15) is 5.10 Å². The van der Waals surface area contributed by atoms with Gasteiger partial charge in [-0.15, -0.1) is 0 Å². The van der Waals surface area contributed by atoms with Crippen molar-refractivity contribution in [3.8, 4) is 5.75 Å². The maximum Gasteiger partial charge on any atom is 0.254 e. The molecule has 1 amide bonds. The van der Waals surface area contributed by atoms with E-state index in [0.29, 0.717) is 13.0 Å². The highest BCUT2D eigenvalue weighted by Crippen LogP contribution is 2.14. The summed E-state index contributed by atoms with van der Waals surface area (Å²) in [7, 11) is 1.81. The molecule has 19 heavy (non-hydrogen) atoms. The summed E-state index contributed by atoms with van der Waals surface area (Å²) in [6.07, 6.45) is 2.39. The van der Waals surface area contributed by atoms with E-state index in [2.05, 4.69) is 10.4 Å². The van der Waals surface area contributed by atoms with Gasteiger partial charge in [-0.1, -0.05) is 0 Å². The molecular weight excluding hydrogens is 249 g/mol. The molecule has 0 unspecified atom stereocenters. The highest BCUT2D eigenvalue weighted by molar-refractivity contribution is 5.94. The van der Waals surface area contributed by atoms with Gasteiger partial charge in [-0.25, -0.2) is 4.39 Å². The van der Waals surface area contributed by atoms with Gasteiger partial charge >= 0.3 is 0 Å². The van der Waals surface area contributed by atoms with E-state index in [4.69, 9.17) is 5.11 Å². The number of nitrogens with one attached hydrogen (secondary N) is 1. The second kappa shape index (κ2) is 5.51. The molecule has 0 bridgehead atoms. The molecule has 0 saturated carbocycles. The molecule has 0 fully saturated rings. The van der Waals surface area contributed by atoms with E-state index < -0.39 is 11.7 Å². The minimum Gasteiger partial charge on any atom is -0.508 e. The van der Waals surface area contributed by atoms with Crippen LogP contribution in [0.2, 0.25) is 0 Å². The zero-order chi connectivity index (χ0) is 13.8. The molecule has 6 heteroatoms. The van der Waals surface area contributed by atoms with E-state index in [0.717, 1.165) is 11.8 Å². The largest absolute Gasteiger partial charge is 0.508 e. The molecule has 0 saturated heterocycles. The maximum atomic E-state index is 13.4. The van der Waals surface area contributed by atoms with Crippen LogP contribution in [0.5, 0.6) is 5.75 Å². The number of benzene rings is 1. The smallest absolute Gasteiger partial charge is 0.254 e. The average molecular weight is 263 g/mol. The summed E-state index contributed by atoms with van der Waals surface area (Å²) in [5.41, 5.74) is 0.771. The summed E-state index contributed by atoms with van der Waals surface area (Å²) in [6.45, 7) is 0.371. The van der Waals surface area contributed by atoms with Gasteiger partial charge in [-0.05, 0) is 18.2 Å². The van der Waals surface area contributed by atoms with E-state index in [1.165, 1.54) is 12.1 Å². The lowest BCUT2D eigenvalue weighted by molar-refractivity contribution is 0.0950. The fourth-order valence-corrected chi connectivity index (χ4v) is 1.68.